The second-order valence-corrected chi connectivity index (χ2v) is 4.96. The zero-order valence-electron chi connectivity index (χ0n) is 11.9. The number of aromatic nitrogens is 1. The maximum atomic E-state index is 13.6. The Labute approximate surface area is 126 Å². The van der Waals surface area contributed by atoms with Gasteiger partial charge in [0.15, 0.2) is 11.6 Å². The van der Waals surface area contributed by atoms with E-state index in [0.29, 0.717) is 5.39 Å². The molecule has 2 aromatic carbocycles. The molecule has 1 N–H and O–H groups in total. The lowest BCUT2D eigenvalue weighted by atomic mass is 10.1. The van der Waals surface area contributed by atoms with Crippen LogP contribution in [0.5, 0.6) is 5.75 Å². The molecule has 0 saturated heterocycles. The molecule has 0 radical (unpaired) electrons. The molecule has 0 atom stereocenters. The summed E-state index contributed by atoms with van der Waals surface area (Å²) in [4.78, 5) is 11.3. The minimum absolute atomic E-state index is 0.158. The van der Waals surface area contributed by atoms with Crippen molar-refractivity contribution in [2.45, 2.75) is 6.61 Å². The summed E-state index contributed by atoms with van der Waals surface area (Å²) in [5, 5.41) is 9.88. The molecular formula is C17H14FNO3. The molecule has 1 heterocycles. The fraction of sp³-hybridized carbons (Fsp3) is 0.118. The standard InChI is InChI=1S/C17H14FNO3/c1-19-11(10-22-16-8-3-2-6-14(16)18)9-13-12(17(20)21)5-4-7-15(13)19/h2-9H,10H2,1H3,(H,20,21). The number of halogens is 1. The molecule has 4 nitrogen and oxygen atoms in total. The molecule has 0 fully saturated rings. The molecule has 0 aliphatic rings. The van der Waals surface area contributed by atoms with Crippen LogP contribution in [0.15, 0.2) is 48.5 Å². The summed E-state index contributed by atoms with van der Waals surface area (Å²) in [6.07, 6.45) is 0. The average molecular weight is 299 g/mol. The minimum Gasteiger partial charge on any atom is -0.484 e. The Morgan fingerprint density at radius 3 is 2.73 bits per heavy atom. The number of rotatable bonds is 4. The van der Waals surface area contributed by atoms with Crippen molar-refractivity contribution >= 4 is 16.9 Å². The van der Waals surface area contributed by atoms with Crippen molar-refractivity contribution in [2.24, 2.45) is 7.05 Å². The van der Waals surface area contributed by atoms with Crippen LogP contribution in [-0.4, -0.2) is 15.6 Å². The van der Waals surface area contributed by atoms with Crippen LogP contribution < -0.4 is 4.74 Å². The largest absolute Gasteiger partial charge is 0.484 e. The highest BCUT2D eigenvalue weighted by Gasteiger charge is 2.14. The predicted octanol–water partition coefficient (Wildman–Crippen LogP) is 3.59. The van der Waals surface area contributed by atoms with Crippen LogP contribution in [0.4, 0.5) is 4.39 Å². The lowest BCUT2D eigenvalue weighted by Gasteiger charge is -2.08. The first-order chi connectivity index (χ1) is 10.6. The molecule has 5 heteroatoms. The third-order valence-corrected chi connectivity index (χ3v) is 3.63. The second kappa shape index (κ2) is 5.52. The zero-order valence-corrected chi connectivity index (χ0v) is 11.9. The van der Waals surface area contributed by atoms with E-state index < -0.39 is 11.8 Å². The molecule has 3 aromatic rings. The highest BCUT2D eigenvalue weighted by molar-refractivity contribution is 6.03. The number of benzene rings is 2. The van der Waals surface area contributed by atoms with E-state index >= 15 is 0 Å². The van der Waals surface area contributed by atoms with Crippen molar-refractivity contribution in [3.8, 4) is 5.75 Å². The van der Waals surface area contributed by atoms with Gasteiger partial charge in [0.1, 0.15) is 6.61 Å². The van der Waals surface area contributed by atoms with Gasteiger partial charge >= 0.3 is 5.97 Å². The maximum absolute atomic E-state index is 13.6. The molecule has 3 rings (SSSR count). The summed E-state index contributed by atoms with van der Waals surface area (Å²) < 4.78 is 20.9. The Balaban J connectivity index is 1.95. The van der Waals surface area contributed by atoms with E-state index in [1.807, 2.05) is 17.7 Å². The van der Waals surface area contributed by atoms with Crippen molar-refractivity contribution in [3.05, 3.63) is 65.6 Å². The van der Waals surface area contributed by atoms with E-state index in [0.717, 1.165) is 11.2 Å². The van der Waals surface area contributed by atoms with Crippen molar-refractivity contribution in [1.82, 2.24) is 4.57 Å². The molecule has 0 aliphatic heterocycles. The van der Waals surface area contributed by atoms with E-state index in [2.05, 4.69) is 0 Å². The molecule has 112 valence electrons. The van der Waals surface area contributed by atoms with Crippen LogP contribution in [0.2, 0.25) is 0 Å². The SMILES string of the molecule is Cn1c(COc2ccccc2F)cc2c(C(=O)O)cccc21. The van der Waals surface area contributed by atoms with Gasteiger partial charge in [-0.25, -0.2) is 9.18 Å². The van der Waals surface area contributed by atoms with E-state index in [1.165, 1.54) is 6.07 Å². The van der Waals surface area contributed by atoms with E-state index in [1.54, 1.807) is 36.4 Å². The Bertz CT molecular complexity index is 854. The molecule has 22 heavy (non-hydrogen) atoms. The molecule has 0 bridgehead atoms. The van der Waals surface area contributed by atoms with Crippen molar-refractivity contribution < 1.29 is 19.0 Å². The number of hydrogen-bond donors (Lipinski definition) is 1. The van der Waals surface area contributed by atoms with E-state index in [9.17, 15) is 14.3 Å². The molecule has 0 unspecified atom stereocenters. The molecule has 0 saturated carbocycles. The first-order valence-electron chi connectivity index (χ1n) is 6.76. The summed E-state index contributed by atoms with van der Waals surface area (Å²) in [6.45, 7) is 0.158. The van der Waals surface area contributed by atoms with E-state index in [4.69, 9.17) is 4.74 Å². The average Bonchev–Trinajstić information content (AvgIpc) is 2.83. The number of ether oxygens (including phenoxy) is 1. The van der Waals surface area contributed by atoms with Crippen LogP contribution in [-0.2, 0) is 13.7 Å². The fourth-order valence-electron chi connectivity index (χ4n) is 2.45. The van der Waals surface area contributed by atoms with Gasteiger partial charge in [0, 0.05) is 18.0 Å². The minimum atomic E-state index is -0.974. The number of hydrogen-bond acceptors (Lipinski definition) is 2. The maximum Gasteiger partial charge on any atom is 0.336 e. The number of aromatic carboxylic acids is 1. The Morgan fingerprint density at radius 2 is 2.00 bits per heavy atom. The van der Waals surface area contributed by atoms with Gasteiger partial charge in [-0.1, -0.05) is 18.2 Å². The number of carboxylic acids is 1. The van der Waals surface area contributed by atoms with Crippen LogP contribution in [0.1, 0.15) is 16.1 Å². The van der Waals surface area contributed by atoms with Crippen molar-refractivity contribution in [1.29, 1.82) is 0 Å². The van der Waals surface area contributed by atoms with Gasteiger partial charge in [-0.3, -0.25) is 0 Å². The summed E-state index contributed by atoms with van der Waals surface area (Å²) in [7, 11) is 1.83. The van der Waals surface area contributed by atoms with Crippen molar-refractivity contribution in [2.75, 3.05) is 0 Å². The first-order valence-corrected chi connectivity index (χ1v) is 6.76. The Morgan fingerprint density at radius 1 is 1.23 bits per heavy atom. The predicted molar refractivity (Wildman–Crippen MR) is 80.6 cm³/mol. The number of carbonyl (C=O) groups is 1. The van der Waals surface area contributed by atoms with Crippen LogP contribution >= 0.6 is 0 Å². The smallest absolute Gasteiger partial charge is 0.336 e. The normalized spacial score (nSPS) is 10.8. The van der Waals surface area contributed by atoms with Gasteiger partial charge in [0.2, 0.25) is 0 Å². The van der Waals surface area contributed by atoms with Crippen LogP contribution in [0.25, 0.3) is 10.9 Å². The fourth-order valence-corrected chi connectivity index (χ4v) is 2.45. The number of carboxylic acid groups (broad SMARTS) is 1. The number of nitrogens with zero attached hydrogens (tertiary/aromatic N) is 1. The van der Waals surface area contributed by atoms with Crippen molar-refractivity contribution in [3.63, 3.8) is 0 Å². The Hall–Kier alpha value is -2.82. The zero-order chi connectivity index (χ0) is 15.7. The molecule has 0 aliphatic carbocycles. The molecular weight excluding hydrogens is 285 g/mol. The summed E-state index contributed by atoms with van der Waals surface area (Å²) in [5.74, 6) is -1.23. The van der Waals surface area contributed by atoms with Gasteiger partial charge in [-0.2, -0.15) is 0 Å². The van der Waals surface area contributed by atoms with Gasteiger partial charge in [-0.05, 0) is 30.3 Å². The van der Waals surface area contributed by atoms with Gasteiger partial charge in [0.05, 0.1) is 11.3 Å². The first kappa shape index (κ1) is 14.1. The third kappa shape index (κ3) is 2.41. The van der Waals surface area contributed by atoms with Gasteiger partial charge < -0.3 is 14.4 Å². The number of para-hydroxylation sites is 1. The van der Waals surface area contributed by atoms with Gasteiger partial charge in [-0.15, -0.1) is 0 Å². The number of fused-ring (bicyclic) bond motifs is 1. The molecule has 0 spiro atoms. The monoisotopic (exact) mass is 299 g/mol. The second-order valence-electron chi connectivity index (χ2n) is 4.96. The third-order valence-electron chi connectivity index (χ3n) is 3.63. The highest BCUT2D eigenvalue weighted by atomic mass is 19.1. The topological polar surface area (TPSA) is 51.5 Å². The molecule has 0 amide bonds. The van der Waals surface area contributed by atoms with Crippen LogP contribution in [0, 0.1) is 5.82 Å². The Kier molecular flexibility index (Phi) is 3.55. The van der Waals surface area contributed by atoms with Gasteiger partial charge in [0.25, 0.3) is 0 Å². The summed E-state index contributed by atoms with van der Waals surface area (Å²) >= 11 is 0. The summed E-state index contributed by atoms with van der Waals surface area (Å²) in [5.41, 5.74) is 1.81. The highest BCUT2D eigenvalue weighted by Crippen LogP contribution is 2.24. The lowest BCUT2D eigenvalue weighted by Crippen LogP contribution is -2.02. The van der Waals surface area contributed by atoms with Crippen LogP contribution in [0.3, 0.4) is 0 Å². The number of aryl methyl sites for hydroxylation is 1. The summed E-state index contributed by atoms with van der Waals surface area (Å²) in [6, 6.07) is 13.0. The quantitative estimate of drug-likeness (QED) is 0.801. The lowest BCUT2D eigenvalue weighted by molar-refractivity contribution is 0.0699. The van der Waals surface area contributed by atoms with E-state index in [-0.39, 0.29) is 17.9 Å². The molecule has 1 aromatic heterocycles.